The molecule has 1 heterocycles. The highest BCUT2D eigenvalue weighted by Crippen LogP contribution is 2.35. The first-order valence-corrected chi connectivity index (χ1v) is 7.37. The third-order valence-electron chi connectivity index (χ3n) is 2.86. The number of halogens is 1. The van der Waals surface area contributed by atoms with Gasteiger partial charge in [-0.25, -0.2) is 0 Å². The van der Waals surface area contributed by atoms with Gasteiger partial charge in [0.15, 0.2) is 0 Å². The van der Waals surface area contributed by atoms with Crippen molar-refractivity contribution < 1.29 is 9.53 Å². The van der Waals surface area contributed by atoms with Crippen LogP contribution >= 0.6 is 27.3 Å². The molecule has 102 valence electrons. The molecule has 0 spiro atoms. The van der Waals surface area contributed by atoms with E-state index in [0.717, 1.165) is 14.6 Å². The van der Waals surface area contributed by atoms with Crippen molar-refractivity contribution in [2.45, 2.75) is 0 Å². The Bertz CT molecular complexity index is 612. The smallest absolute Gasteiger partial charge is 0.265 e. The van der Waals surface area contributed by atoms with Crippen LogP contribution in [-0.4, -0.2) is 38.1 Å². The Morgan fingerprint density at radius 2 is 2.26 bits per heavy atom. The highest BCUT2D eigenvalue weighted by Gasteiger charge is 2.19. The van der Waals surface area contributed by atoms with E-state index in [-0.39, 0.29) is 5.91 Å². The molecule has 0 atom stereocenters. The number of nitrogens with zero attached hydrogens (tertiary/aromatic N) is 1. The average molecular weight is 343 g/mol. The van der Waals surface area contributed by atoms with Crippen LogP contribution in [0.2, 0.25) is 0 Å². The van der Waals surface area contributed by atoms with Crippen molar-refractivity contribution >= 4 is 48.9 Å². The van der Waals surface area contributed by atoms with Crippen LogP contribution in [0, 0.1) is 0 Å². The number of methoxy groups -OCH3 is 1. The zero-order valence-corrected chi connectivity index (χ0v) is 13.2. The molecule has 0 aliphatic rings. The van der Waals surface area contributed by atoms with Gasteiger partial charge in [-0.3, -0.25) is 4.79 Å². The summed E-state index contributed by atoms with van der Waals surface area (Å²) in [6.45, 7) is 1.06. The Morgan fingerprint density at radius 1 is 1.53 bits per heavy atom. The average Bonchev–Trinajstić information content (AvgIpc) is 2.72. The zero-order valence-electron chi connectivity index (χ0n) is 10.8. The summed E-state index contributed by atoms with van der Waals surface area (Å²) in [6, 6.07) is 5.85. The molecule has 0 saturated carbocycles. The van der Waals surface area contributed by atoms with Gasteiger partial charge in [0.05, 0.1) is 12.3 Å². The van der Waals surface area contributed by atoms with E-state index in [0.29, 0.717) is 23.7 Å². The van der Waals surface area contributed by atoms with E-state index in [1.54, 1.807) is 19.1 Å². The molecule has 1 aromatic heterocycles. The van der Waals surface area contributed by atoms with Crippen LogP contribution in [-0.2, 0) is 4.74 Å². The normalized spacial score (nSPS) is 10.9. The first-order valence-electron chi connectivity index (χ1n) is 5.76. The number of rotatable bonds is 4. The van der Waals surface area contributed by atoms with Crippen LogP contribution < -0.4 is 5.73 Å². The molecule has 19 heavy (non-hydrogen) atoms. The Kier molecular flexibility index (Phi) is 4.44. The molecule has 0 radical (unpaired) electrons. The maximum atomic E-state index is 12.3. The molecule has 0 aliphatic carbocycles. The summed E-state index contributed by atoms with van der Waals surface area (Å²) in [5, 5.41) is 0.919. The van der Waals surface area contributed by atoms with E-state index in [1.165, 1.54) is 11.3 Å². The van der Waals surface area contributed by atoms with Crippen molar-refractivity contribution in [1.29, 1.82) is 0 Å². The summed E-state index contributed by atoms with van der Waals surface area (Å²) in [4.78, 5) is 14.5. The lowest BCUT2D eigenvalue weighted by Gasteiger charge is -2.15. The van der Waals surface area contributed by atoms with Crippen molar-refractivity contribution in [2.24, 2.45) is 0 Å². The predicted molar refractivity (Wildman–Crippen MR) is 82.8 cm³/mol. The van der Waals surface area contributed by atoms with E-state index in [9.17, 15) is 4.79 Å². The number of nitrogens with two attached hydrogens (primary N) is 1. The molecule has 0 aliphatic heterocycles. The number of carbonyl (C=O) groups excluding carboxylic acids is 1. The number of amides is 1. The number of benzene rings is 1. The van der Waals surface area contributed by atoms with Crippen LogP contribution in [0.25, 0.3) is 10.1 Å². The maximum absolute atomic E-state index is 12.3. The molecule has 2 aromatic rings. The molecule has 0 fully saturated rings. The minimum atomic E-state index is -0.0631. The topological polar surface area (TPSA) is 55.6 Å². The molecule has 4 nitrogen and oxygen atoms in total. The summed E-state index contributed by atoms with van der Waals surface area (Å²) in [7, 11) is 3.37. The number of nitrogen functional groups attached to an aromatic ring is 1. The van der Waals surface area contributed by atoms with E-state index in [2.05, 4.69) is 15.9 Å². The summed E-state index contributed by atoms with van der Waals surface area (Å²) in [6.07, 6.45) is 0. The third-order valence-corrected chi connectivity index (χ3v) is 4.53. The summed E-state index contributed by atoms with van der Waals surface area (Å²) in [5.41, 5.74) is 6.64. The van der Waals surface area contributed by atoms with Gasteiger partial charge in [0, 0.05) is 35.3 Å². The fourth-order valence-corrected chi connectivity index (χ4v) is 3.21. The molecule has 2 N–H and O–H groups in total. The predicted octanol–water partition coefficient (Wildman–Crippen LogP) is 2.96. The molecule has 0 saturated heterocycles. The molecule has 0 bridgehead atoms. The van der Waals surface area contributed by atoms with Crippen LogP contribution in [0.5, 0.6) is 0 Å². The van der Waals surface area contributed by atoms with Crippen LogP contribution in [0.4, 0.5) is 5.69 Å². The number of likely N-dealkylation sites (N-methyl/N-ethyl adjacent to an activating group) is 1. The van der Waals surface area contributed by atoms with Crippen LogP contribution in [0.1, 0.15) is 9.67 Å². The summed E-state index contributed by atoms with van der Waals surface area (Å²) < 4.78 is 6.95. The van der Waals surface area contributed by atoms with Crippen molar-refractivity contribution in [3.05, 3.63) is 27.5 Å². The lowest BCUT2D eigenvalue weighted by Crippen LogP contribution is -2.29. The molecular formula is C13H15BrN2O2S. The first-order chi connectivity index (χ1) is 9.04. The summed E-state index contributed by atoms with van der Waals surface area (Å²) >= 11 is 4.84. The standard InChI is InChI=1S/C13H15BrN2O2S/c1-16(5-6-18-2)13(17)12-11(15)9-7-8(14)3-4-10(9)19-12/h3-4,7H,5-6,15H2,1-2H3. The molecule has 2 rings (SSSR count). The van der Waals surface area contributed by atoms with Gasteiger partial charge in [0.2, 0.25) is 0 Å². The lowest BCUT2D eigenvalue weighted by molar-refractivity contribution is 0.0750. The van der Waals surface area contributed by atoms with Gasteiger partial charge >= 0.3 is 0 Å². The Hall–Kier alpha value is -1.11. The Morgan fingerprint density at radius 3 is 2.95 bits per heavy atom. The number of fused-ring (bicyclic) bond motifs is 1. The minimum absolute atomic E-state index is 0.0631. The fourth-order valence-electron chi connectivity index (χ4n) is 1.75. The molecular weight excluding hydrogens is 328 g/mol. The molecule has 1 amide bonds. The van der Waals surface area contributed by atoms with Gasteiger partial charge in [-0.05, 0) is 18.2 Å². The van der Waals surface area contributed by atoms with Gasteiger partial charge in [0.1, 0.15) is 4.88 Å². The fraction of sp³-hybridized carbons (Fsp3) is 0.308. The van der Waals surface area contributed by atoms with E-state index >= 15 is 0 Å². The minimum Gasteiger partial charge on any atom is -0.397 e. The number of ether oxygens (including phenoxy) is 1. The highest BCUT2D eigenvalue weighted by molar-refractivity contribution is 9.10. The van der Waals surface area contributed by atoms with E-state index in [4.69, 9.17) is 10.5 Å². The Labute approximate surface area is 124 Å². The number of hydrogen-bond donors (Lipinski definition) is 1. The summed E-state index contributed by atoms with van der Waals surface area (Å²) in [5.74, 6) is -0.0631. The highest BCUT2D eigenvalue weighted by atomic mass is 79.9. The van der Waals surface area contributed by atoms with Gasteiger partial charge in [-0.2, -0.15) is 0 Å². The molecule has 6 heteroatoms. The first kappa shape index (κ1) is 14.3. The number of thiophene rings is 1. The zero-order chi connectivity index (χ0) is 14.0. The second-order valence-corrected chi connectivity index (χ2v) is 6.17. The number of hydrogen-bond acceptors (Lipinski definition) is 4. The molecule has 1 aromatic carbocycles. The SMILES string of the molecule is COCCN(C)C(=O)c1sc2ccc(Br)cc2c1N. The number of carbonyl (C=O) groups is 1. The van der Waals surface area contributed by atoms with Crippen molar-refractivity contribution in [3.8, 4) is 0 Å². The van der Waals surface area contributed by atoms with Crippen molar-refractivity contribution in [2.75, 3.05) is 33.0 Å². The Balaban J connectivity index is 2.34. The number of anilines is 1. The second kappa shape index (κ2) is 5.90. The van der Waals surface area contributed by atoms with E-state index in [1.807, 2.05) is 18.2 Å². The van der Waals surface area contributed by atoms with Crippen molar-refractivity contribution in [3.63, 3.8) is 0 Å². The maximum Gasteiger partial charge on any atom is 0.265 e. The van der Waals surface area contributed by atoms with E-state index < -0.39 is 0 Å². The van der Waals surface area contributed by atoms with Gasteiger partial charge in [-0.1, -0.05) is 15.9 Å². The molecule has 0 unspecified atom stereocenters. The van der Waals surface area contributed by atoms with Crippen molar-refractivity contribution in [1.82, 2.24) is 4.90 Å². The van der Waals surface area contributed by atoms with Gasteiger partial charge < -0.3 is 15.4 Å². The van der Waals surface area contributed by atoms with Crippen LogP contribution in [0.3, 0.4) is 0 Å². The van der Waals surface area contributed by atoms with Crippen LogP contribution in [0.15, 0.2) is 22.7 Å². The lowest BCUT2D eigenvalue weighted by atomic mass is 10.2. The second-order valence-electron chi connectivity index (χ2n) is 4.20. The largest absolute Gasteiger partial charge is 0.397 e. The monoisotopic (exact) mass is 342 g/mol. The third kappa shape index (κ3) is 2.91. The van der Waals surface area contributed by atoms with Gasteiger partial charge in [0.25, 0.3) is 5.91 Å². The quantitative estimate of drug-likeness (QED) is 0.929. The van der Waals surface area contributed by atoms with Gasteiger partial charge in [-0.15, -0.1) is 11.3 Å².